The van der Waals surface area contributed by atoms with E-state index in [-0.39, 0.29) is 12.9 Å². The van der Waals surface area contributed by atoms with E-state index in [9.17, 15) is 0 Å². The lowest BCUT2D eigenvalue weighted by atomic mass is 10.6. The molecule has 92 valence electrons. The Hall–Kier alpha value is -0.200. The average molecular weight is 222 g/mol. The summed E-state index contributed by atoms with van der Waals surface area (Å²) in [6, 6.07) is 0. The molecule has 0 radical (unpaired) electrons. The van der Waals surface area contributed by atoms with E-state index in [1.54, 1.807) is 0 Å². The van der Waals surface area contributed by atoms with Crippen LogP contribution in [0, 0.1) is 0 Å². The summed E-state index contributed by atoms with van der Waals surface area (Å²) in [5.41, 5.74) is 0. The van der Waals surface area contributed by atoms with Gasteiger partial charge in [-0.25, -0.2) is 0 Å². The maximum atomic E-state index is 8.53. The number of aliphatic hydroxyl groups excluding tert-OH is 1. The van der Waals surface area contributed by atoms with Gasteiger partial charge < -0.3 is 24.1 Å². The molecule has 1 atom stereocenters. The van der Waals surface area contributed by atoms with Crippen LogP contribution in [0.25, 0.3) is 0 Å². The van der Waals surface area contributed by atoms with Gasteiger partial charge in [0.1, 0.15) is 0 Å². The molecule has 0 saturated carbocycles. The molecule has 5 heteroatoms. The van der Waals surface area contributed by atoms with Crippen molar-refractivity contribution in [3.05, 3.63) is 0 Å². The number of aliphatic hydroxyl groups is 1. The normalized spacial score (nSPS) is 13.0. The highest BCUT2D eigenvalue weighted by molar-refractivity contribution is 4.42. The van der Waals surface area contributed by atoms with Crippen molar-refractivity contribution >= 4 is 0 Å². The summed E-state index contributed by atoms with van der Waals surface area (Å²) in [6.45, 7) is 6.78. The third-order valence-corrected chi connectivity index (χ3v) is 1.58. The van der Waals surface area contributed by atoms with Crippen molar-refractivity contribution in [2.45, 2.75) is 20.1 Å². The molecular weight excluding hydrogens is 200 g/mol. The van der Waals surface area contributed by atoms with Crippen LogP contribution in [0.3, 0.4) is 0 Å². The predicted molar refractivity (Wildman–Crippen MR) is 55.8 cm³/mol. The molecule has 0 spiro atoms. The number of hydrogen-bond acceptors (Lipinski definition) is 5. The number of ether oxygens (including phenoxy) is 4. The lowest BCUT2D eigenvalue weighted by Crippen LogP contribution is -2.26. The van der Waals surface area contributed by atoms with Gasteiger partial charge in [0.15, 0.2) is 6.29 Å². The zero-order valence-electron chi connectivity index (χ0n) is 9.61. The third-order valence-electron chi connectivity index (χ3n) is 1.58. The van der Waals surface area contributed by atoms with E-state index in [2.05, 4.69) is 0 Å². The lowest BCUT2D eigenvalue weighted by molar-refractivity contribution is -0.176. The monoisotopic (exact) mass is 222 g/mol. The Morgan fingerprint density at radius 1 is 0.933 bits per heavy atom. The highest BCUT2D eigenvalue weighted by Gasteiger charge is 2.08. The first-order valence-electron chi connectivity index (χ1n) is 5.34. The van der Waals surface area contributed by atoms with Gasteiger partial charge in [-0.3, -0.25) is 0 Å². The van der Waals surface area contributed by atoms with E-state index >= 15 is 0 Å². The quantitative estimate of drug-likeness (QED) is 0.405. The second kappa shape index (κ2) is 11.9. The second-order valence-corrected chi connectivity index (χ2v) is 2.75. The molecule has 0 aliphatic rings. The minimum atomic E-state index is -0.373. The van der Waals surface area contributed by atoms with Gasteiger partial charge >= 0.3 is 0 Å². The Balaban J connectivity index is 3.44. The molecular formula is C10H22O5. The van der Waals surface area contributed by atoms with Gasteiger partial charge in [-0.15, -0.1) is 0 Å². The van der Waals surface area contributed by atoms with E-state index in [1.165, 1.54) is 0 Å². The minimum absolute atomic E-state index is 0.0117. The van der Waals surface area contributed by atoms with Crippen LogP contribution < -0.4 is 0 Å². The topological polar surface area (TPSA) is 57.2 Å². The fourth-order valence-corrected chi connectivity index (χ4v) is 0.957. The Kier molecular flexibility index (Phi) is 11.7. The Bertz CT molecular complexity index is 120. The van der Waals surface area contributed by atoms with E-state index in [0.29, 0.717) is 39.6 Å². The first kappa shape index (κ1) is 14.8. The zero-order chi connectivity index (χ0) is 11.4. The highest BCUT2D eigenvalue weighted by atomic mass is 16.7. The molecule has 5 nitrogen and oxygen atoms in total. The first-order chi connectivity index (χ1) is 7.35. The van der Waals surface area contributed by atoms with Crippen LogP contribution in [-0.4, -0.2) is 57.6 Å². The van der Waals surface area contributed by atoms with Gasteiger partial charge in [0.05, 0.1) is 33.0 Å². The summed E-state index contributed by atoms with van der Waals surface area (Å²) in [6.07, 6.45) is -0.373. The van der Waals surface area contributed by atoms with Gasteiger partial charge in [0.25, 0.3) is 0 Å². The van der Waals surface area contributed by atoms with Crippen molar-refractivity contribution in [2.24, 2.45) is 0 Å². The summed E-state index contributed by atoms with van der Waals surface area (Å²) in [5, 5.41) is 8.53. The van der Waals surface area contributed by atoms with Crippen LogP contribution in [-0.2, 0) is 18.9 Å². The molecule has 0 heterocycles. The molecule has 1 unspecified atom stereocenters. The van der Waals surface area contributed by atoms with Crippen LogP contribution in [0.4, 0.5) is 0 Å². The van der Waals surface area contributed by atoms with Crippen LogP contribution in [0.5, 0.6) is 0 Å². The fraction of sp³-hybridized carbons (Fsp3) is 1.00. The second-order valence-electron chi connectivity index (χ2n) is 2.75. The Morgan fingerprint density at radius 3 is 2.33 bits per heavy atom. The fourth-order valence-electron chi connectivity index (χ4n) is 0.957. The Labute approximate surface area is 91.3 Å². The van der Waals surface area contributed by atoms with Gasteiger partial charge in [-0.1, -0.05) is 0 Å². The summed E-state index contributed by atoms with van der Waals surface area (Å²) in [5.74, 6) is 0. The van der Waals surface area contributed by atoms with E-state index < -0.39 is 0 Å². The van der Waals surface area contributed by atoms with Gasteiger partial charge in [-0.05, 0) is 13.8 Å². The molecule has 15 heavy (non-hydrogen) atoms. The van der Waals surface area contributed by atoms with E-state index in [0.717, 1.165) is 0 Å². The molecule has 0 saturated heterocycles. The summed E-state index contributed by atoms with van der Waals surface area (Å²) < 4.78 is 20.9. The van der Waals surface area contributed by atoms with Crippen LogP contribution >= 0.6 is 0 Å². The molecule has 0 aromatic heterocycles. The van der Waals surface area contributed by atoms with Crippen molar-refractivity contribution in [1.29, 1.82) is 0 Å². The van der Waals surface area contributed by atoms with Crippen molar-refractivity contribution < 1.29 is 24.1 Å². The SMILES string of the molecule is CCOCCOC(COCCO)OCC. The summed E-state index contributed by atoms with van der Waals surface area (Å²) in [7, 11) is 0. The molecule has 0 aliphatic carbocycles. The minimum Gasteiger partial charge on any atom is -0.394 e. The van der Waals surface area contributed by atoms with Crippen LogP contribution in [0.1, 0.15) is 13.8 Å². The molecule has 0 aromatic carbocycles. The molecule has 0 bridgehead atoms. The molecule has 0 fully saturated rings. The summed E-state index contributed by atoms with van der Waals surface area (Å²) in [4.78, 5) is 0. The van der Waals surface area contributed by atoms with Crippen molar-refractivity contribution in [3.63, 3.8) is 0 Å². The molecule has 0 rings (SSSR count). The van der Waals surface area contributed by atoms with Gasteiger partial charge in [-0.2, -0.15) is 0 Å². The highest BCUT2D eigenvalue weighted by Crippen LogP contribution is 1.96. The van der Waals surface area contributed by atoms with Crippen molar-refractivity contribution in [3.8, 4) is 0 Å². The summed E-state index contributed by atoms with van der Waals surface area (Å²) >= 11 is 0. The van der Waals surface area contributed by atoms with Crippen LogP contribution in [0.15, 0.2) is 0 Å². The zero-order valence-corrected chi connectivity index (χ0v) is 9.61. The van der Waals surface area contributed by atoms with E-state index in [4.69, 9.17) is 24.1 Å². The van der Waals surface area contributed by atoms with E-state index in [1.807, 2.05) is 13.8 Å². The molecule has 0 aromatic rings. The maximum Gasteiger partial charge on any atom is 0.180 e. The van der Waals surface area contributed by atoms with Crippen LogP contribution in [0.2, 0.25) is 0 Å². The molecule has 0 aliphatic heterocycles. The van der Waals surface area contributed by atoms with Crippen molar-refractivity contribution in [1.82, 2.24) is 0 Å². The first-order valence-corrected chi connectivity index (χ1v) is 5.34. The Morgan fingerprint density at radius 2 is 1.73 bits per heavy atom. The van der Waals surface area contributed by atoms with Gasteiger partial charge in [0.2, 0.25) is 0 Å². The standard InChI is InChI=1S/C10H22O5/c1-3-12-7-8-15-10(14-4-2)9-13-6-5-11/h10-11H,3-9H2,1-2H3. The average Bonchev–Trinajstić information content (AvgIpc) is 2.24. The number of hydrogen-bond donors (Lipinski definition) is 1. The largest absolute Gasteiger partial charge is 0.394 e. The number of rotatable bonds is 11. The molecule has 1 N–H and O–H groups in total. The predicted octanol–water partition coefficient (Wildman–Crippen LogP) is 0.411. The maximum absolute atomic E-state index is 8.53. The van der Waals surface area contributed by atoms with Gasteiger partial charge in [0, 0.05) is 13.2 Å². The van der Waals surface area contributed by atoms with Crippen molar-refractivity contribution in [2.75, 3.05) is 46.2 Å². The lowest BCUT2D eigenvalue weighted by Gasteiger charge is -2.17. The smallest absolute Gasteiger partial charge is 0.180 e. The third kappa shape index (κ3) is 10.1. The molecule has 0 amide bonds.